The Labute approximate surface area is 197 Å². The monoisotopic (exact) mass is 471 g/mol. The van der Waals surface area contributed by atoms with Crippen LogP contribution >= 0.6 is 0 Å². The zero-order valence-electron chi connectivity index (χ0n) is 19.2. The minimum Gasteiger partial charge on any atom is -0.484 e. The van der Waals surface area contributed by atoms with Crippen LogP contribution in [-0.2, 0) is 0 Å². The van der Waals surface area contributed by atoms with E-state index in [0.717, 1.165) is 24.9 Å². The van der Waals surface area contributed by atoms with Crippen LogP contribution in [0, 0.1) is 22.7 Å². The molecule has 1 aliphatic carbocycles. The Kier molecular flexibility index (Phi) is 6.48. The van der Waals surface area contributed by atoms with Crippen molar-refractivity contribution in [2.24, 2.45) is 11.3 Å². The quantitative estimate of drug-likeness (QED) is 0.572. The predicted octanol–water partition coefficient (Wildman–Crippen LogP) is 5.63. The van der Waals surface area contributed by atoms with E-state index in [1.165, 1.54) is 29.8 Å². The van der Waals surface area contributed by atoms with Crippen molar-refractivity contribution < 1.29 is 22.7 Å². The lowest BCUT2D eigenvalue weighted by atomic mass is 9.69. The van der Waals surface area contributed by atoms with Crippen LogP contribution in [0.4, 0.5) is 18.9 Å². The number of halogens is 3. The van der Waals surface area contributed by atoms with E-state index in [1.54, 1.807) is 0 Å². The molecule has 1 heterocycles. The van der Waals surface area contributed by atoms with Crippen LogP contribution in [0.3, 0.4) is 0 Å². The molecule has 1 amide bonds. The Balaban J connectivity index is 1.42. The maximum atomic E-state index is 12.7. The molecule has 1 saturated carbocycles. The van der Waals surface area contributed by atoms with Crippen LogP contribution in [0.5, 0.6) is 5.75 Å². The fourth-order valence-corrected chi connectivity index (χ4v) is 5.28. The molecule has 180 valence electrons. The van der Waals surface area contributed by atoms with E-state index in [0.29, 0.717) is 29.5 Å². The van der Waals surface area contributed by atoms with Crippen LogP contribution in [0.15, 0.2) is 42.5 Å². The Morgan fingerprint density at radius 1 is 1.18 bits per heavy atom. The minimum atomic E-state index is -4.41. The lowest BCUT2D eigenvalue weighted by Gasteiger charge is -2.45. The Bertz CT molecular complexity index is 1090. The highest BCUT2D eigenvalue weighted by atomic mass is 19.4. The first-order chi connectivity index (χ1) is 16.1. The lowest BCUT2D eigenvalue weighted by Crippen LogP contribution is -2.51. The van der Waals surface area contributed by atoms with Crippen LogP contribution in [0.25, 0.3) is 0 Å². The van der Waals surface area contributed by atoms with Crippen molar-refractivity contribution in [3.05, 3.63) is 59.2 Å². The molecule has 5 nitrogen and oxygen atoms in total. The number of hydrogen-bond donors (Lipinski definition) is 2. The lowest BCUT2D eigenvalue weighted by molar-refractivity contribution is -0.153. The smallest absolute Gasteiger partial charge is 0.422 e. The summed E-state index contributed by atoms with van der Waals surface area (Å²) < 4.78 is 41.6. The van der Waals surface area contributed by atoms with Gasteiger partial charge < -0.3 is 15.4 Å². The number of ether oxygens (including phenoxy) is 1. The van der Waals surface area contributed by atoms with E-state index in [1.807, 2.05) is 18.2 Å². The summed E-state index contributed by atoms with van der Waals surface area (Å²) in [5.74, 6) is 0.589. The van der Waals surface area contributed by atoms with Crippen LogP contribution in [-0.4, -0.2) is 31.3 Å². The first-order valence-electron chi connectivity index (χ1n) is 11.5. The average molecular weight is 472 g/mol. The second-order valence-corrected chi connectivity index (χ2v) is 9.84. The maximum Gasteiger partial charge on any atom is 0.422 e. The molecule has 4 rings (SSSR count). The molecule has 1 fully saturated rings. The number of amides is 1. The fourth-order valence-electron chi connectivity index (χ4n) is 5.28. The van der Waals surface area contributed by atoms with Crippen molar-refractivity contribution in [3.8, 4) is 11.8 Å². The van der Waals surface area contributed by atoms with Gasteiger partial charge in [-0.2, -0.15) is 18.4 Å². The highest BCUT2D eigenvalue weighted by molar-refractivity contribution is 5.94. The van der Waals surface area contributed by atoms with Gasteiger partial charge in [0.15, 0.2) is 6.61 Å². The zero-order valence-corrected chi connectivity index (χ0v) is 19.2. The summed E-state index contributed by atoms with van der Waals surface area (Å²) in [6, 6.07) is 13.8. The largest absolute Gasteiger partial charge is 0.484 e. The number of hydrogen-bond acceptors (Lipinski definition) is 4. The summed E-state index contributed by atoms with van der Waals surface area (Å²) in [5.41, 5.74) is 3.04. The van der Waals surface area contributed by atoms with Crippen molar-refractivity contribution in [1.29, 1.82) is 5.26 Å². The number of rotatable bonds is 6. The third kappa shape index (κ3) is 5.14. The third-order valence-electron chi connectivity index (χ3n) is 6.95. The van der Waals surface area contributed by atoms with E-state index in [4.69, 9.17) is 4.74 Å². The molecule has 0 radical (unpaired) electrons. The average Bonchev–Trinajstić information content (AvgIpc) is 3.30. The molecule has 2 N–H and O–H groups in total. The maximum absolute atomic E-state index is 12.7. The number of fused-ring (bicyclic) bond motifs is 3. The van der Waals surface area contributed by atoms with Gasteiger partial charge >= 0.3 is 6.18 Å². The van der Waals surface area contributed by atoms with E-state index in [2.05, 4.69) is 30.6 Å². The molecule has 0 aromatic heterocycles. The van der Waals surface area contributed by atoms with Gasteiger partial charge in [0.05, 0.1) is 11.6 Å². The first kappa shape index (κ1) is 23.9. The Morgan fingerprint density at radius 2 is 1.91 bits per heavy atom. The van der Waals surface area contributed by atoms with E-state index in [-0.39, 0.29) is 23.1 Å². The van der Waals surface area contributed by atoms with E-state index < -0.39 is 12.8 Å². The number of nitriles is 1. The van der Waals surface area contributed by atoms with Crippen LogP contribution < -0.4 is 15.4 Å². The van der Waals surface area contributed by atoms with Gasteiger partial charge in [0.25, 0.3) is 5.91 Å². The summed E-state index contributed by atoms with van der Waals surface area (Å²) in [4.78, 5) is 12.7. The molecule has 2 aliphatic rings. The summed E-state index contributed by atoms with van der Waals surface area (Å²) in [5, 5.41) is 16.0. The summed E-state index contributed by atoms with van der Waals surface area (Å²) in [6.07, 6.45) is -1.09. The second kappa shape index (κ2) is 9.21. The molecule has 0 saturated heterocycles. The number of nitrogens with one attached hydrogen (secondary N) is 2. The normalized spacial score (nSPS) is 21.6. The van der Waals surface area contributed by atoms with Crippen molar-refractivity contribution in [3.63, 3.8) is 0 Å². The van der Waals surface area contributed by atoms with Gasteiger partial charge in [-0.25, -0.2) is 0 Å². The van der Waals surface area contributed by atoms with Crippen molar-refractivity contribution >= 4 is 11.6 Å². The van der Waals surface area contributed by atoms with Gasteiger partial charge in [0.2, 0.25) is 0 Å². The molecular formula is C26H28F3N3O2. The van der Waals surface area contributed by atoms with Gasteiger partial charge in [0, 0.05) is 29.3 Å². The summed E-state index contributed by atoms with van der Waals surface area (Å²) in [7, 11) is 0. The van der Waals surface area contributed by atoms with Gasteiger partial charge in [-0.05, 0) is 72.7 Å². The first-order valence-corrected chi connectivity index (χ1v) is 11.5. The number of alkyl halides is 3. The molecule has 34 heavy (non-hydrogen) atoms. The molecule has 1 aliphatic heterocycles. The molecule has 0 unspecified atom stereocenters. The SMILES string of the molecule is CC(C)(CNC(=O)c1ccc(OCC(F)(F)F)cc1)[C@H]1Nc2ccc(C#N)cc2[C@H]2CCC[C@H]21. The third-order valence-corrected chi connectivity index (χ3v) is 6.95. The molecule has 8 heteroatoms. The fraction of sp³-hybridized carbons (Fsp3) is 0.462. The molecular weight excluding hydrogens is 443 g/mol. The number of carbonyl (C=O) groups is 1. The molecule has 3 atom stereocenters. The number of carbonyl (C=O) groups excluding carboxylic acids is 1. The van der Waals surface area contributed by atoms with Gasteiger partial charge in [-0.1, -0.05) is 20.3 Å². The topological polar surface area (TPSA) is 74.2 Å². The molecule has 0 bridgehead atoms. The van der Waals surface area contributed by atoms with Crippen molar-refractivity contribution in [2.75, 3.05) is 18.5 Å². The van der Waals surface area contributed by atoms with Crippen molar-refractivity contribution in [2.45, 2.75) is 51.2 Å². The zero-order chi connectivity index (χ0) is 24.5. The summed E-state index contributed by atoms with van der Waals surface area (Å²) in [6.45, 7) is 3.32. The van der Waals surface area contributed by atoms with Gasteiger partial charge in [-0.15, -0.1) is 0 Å². The van der Waals surface area contributed by atoms with Crippen LogP contribution in [0.1, 0.15) is 60.5 Å². The summed E-state index contributed by atoms with van der Waals surface area (Å²) >= 11 is 0. The molecule has 0 spiro atoms. The number of nitrogens with zero attached hydrogens (tertiary/aromatic N) is 1. The van der Waals surface area contributed by atoms with Crippen LogP contribution in [0.2, 0.25) is 0 Å². The number of anilines is 1. The second-order valence-electron chi connectivity index (χ2n) is 9.84. The highest BCUT2D eigenvalue weighted by Gasteiger charge is 2.45. The Hall–Kier alpha value is -3.21. The minimum absolute atomic E-state index is 0.0612. The highest BCUT2D eigenvalue weighted by Crippen LogP contribution is 2.51. The Morgan fingerprint density at radius 3 is 2.59 bits per heavy atom. The van der Waals surface area contributed by atoms with E-state index in [9.17, 15) is 23.2 Å². The molecule has 2 aromatic carbocycles. The van der Waals surface area contributed by atoms with Gasteiger partial charge in [0.1, 0.15) is 5.75 Å². The van der Waals surface area contributed by atoms with E-state index >= 15 is 0 Å². The van der Waals surface area contributed by atoms with Crippen molar-refractivity contribution in [1.82, 2.24) is 5.32 Å². The molecule has 2 aromatic rings. The standard InChI is InChI=1S/C26H28F3N3O2/c1-25(2,14-31-24(33)17-7-9-18(10-8-17)34-15-26(27,28)29)23-20-5-3-4-19(20)21-12-16(13-30)6-11-22(21)32-23/h6-12,19-20,23,32H,3-5,14-15H2,1-2H3,(H,31,33)/t19-,20+,23-/m0/s1. The predicted molar refractivity (Wildman–Crippen MR) is 123 cm³/mol. The van der Waals surface area contributed by atoms with Gasteiger partial charge in [-0.3, -0.25) is 4.79 Å². The number of benzene rings is 2.